The maximum atomic E-state index is 11.9. The molecular weight excluding hydrogens is 324 g/mol. The molecule has 0 aromatic heterocycles. The second-order valence-corrected chi connectivity index (χ2v) is 9.13. The first-order valence-corrected chi connectivity index (χ1v) is 10.2. The van der Waals surface area contributed by atoms with Crippen molar-refractivity contribution in [1.29, 1.82) is 0 Å². The lowest BCUT2D eigenvalue weighted by Crippen LogP contribution is -2.46. The molecule has 1 aromatic carbocycles. The van der Waals surface area contributed by atoms with Gasteiger partial charge in [-0.15, -0.1) is 0 Å². The molecule has 1 aliphatic rings. The molecule has 2 N–H and O–H groups in total. The van der Waals surface area contributed by atoms with Crippen molar-refractivity contribution < 1.29 is 8.42 Å². The van der Waals surface area contributed by atoms with Gasteiger partial charge < -0.3 is 5.73 Å². The van der Waals surface area contributed by atoms with Gasteiger partial charge in [0.1, 0.15) is 10.4 Å². The van der Waals surface area contributed by atoms with Crippen molar-refractivity contribution in [3.63, 3.8) is 0 Å². The number of rotatable bonds is 4. The van der Waals surface area contributed by atoms with Crippen LogP contribution < -0.4 is 5.73 Å². The van der Waals surface area contributed by atoms with Crippen molar-refractivity contribution in [2.75, 3.05) is 24.3 Å². The molecule has 0 saturated carbocycles. The summed E-state index contributed by atoms with van der Waals surface area (Å²) < 4.78 is 23.9. The highest BCUT2D eigenvalue weighted by Gasteiger charge is 2.31. The number of hydrogen-bond acceptors (Lipinski definition) is 5. The summed E-state index contributed by atoms with van der Waals surface area (Å²) in [5.74, 6) is 1.61. The van der Waals surface area contributed by atoms with E-state index >= 15 is 0 Å². The Hall–Kier alpha value is -0.630. The van der Waals surface area contributed by atoms with Gasteiger partial charge in [-0.2, -0.15) is 11.8 Å². The zero-order valence-electron chi connectivity index (χ0n) is 12.2. The Morgan fingerprint density at radius 2 is 2.24 bits per heavy atom. The van der Waals surface area contributed by atoms with Crippen LogP contribution in [-0.2, 0) is 16.4 Å². The van der Waals surface area contributed by atoms with Gasteiger partial charge in [-0.25, -0.2) is 8.42 Å². The smallest absolute Gasteiger partial charge is 0.164 e. The molecule has 2 rings (SSSR count). The highest BCUT2D eigenvalue weighted by Crippen LogP contribution is 2.23. The van der Waals surface area contributed by atoms with Crippen LogP contribution in [0.15, 0.2) is 18.2 Å². The van der Waals surface area contributed by atoms with Crippen LogP contribution in [-0.4, -0.2) is 48.0 Å². The first-order chi connectivity index (χ1) is 9.79. The maximum Gasteiger partial charge on any atom is 0.164 e. The van der Waals surface area contributed by atoms with Crippen molar-refractivity contribution in [2.45, 2.75) is 18.8 Å². The Labute approximate surface area is 136 Å². The molecule has 1 aliphatic heterocycles. The number of thiocarbonyl (C=S) groups is 1. The van der Waals surface area contributed by atoms with Crippen LogP contribution in [0.25, 0.3) is 0 Å². The molecule has 1 unspecified atom stereocenters. The van der Waals surface area contributed by atoms with Gasteiger partial charge in [0.05, 0.1) is 0 Å². The van der Waals surface area contributed by atoms with Gasteiger partial charge in [0.2, 0.25) is 0 Å². The summed E-state index contributed by atoms with van der Waals surface area (Å²) in [5.41, 5.74) is 8.69. The first-order valence-electron chi connectivity index (χ1n) is 6.69. The lowest BCUT2D eigenvalue weighted by atomic mass is 10.0. The molecule has 7 heteroatoms. The van der Waals surface area contributed by atoms with E-state index in [0.29, 0.717) is 17.3 Å². The second-order valence-electron chi connectivity index (χ2n) is 5.34. The van der Waals surface area contributed by atoms with Gasteiger partial charge in [0.25, 0.3) is 0 Å². The third-order valence-corrected chi connectivity index (χ3v) is 6.61. The molecule has 0 bridgehead atoms. The van der Waals surface area contributed by atoms with Crippen molar-refractivity contribution in [1.82, 2.24) is 4.90 Å². The van der Waals surface area contributed by atoms with E-state index in [-0.39, 0.29) is 0 Å². The molecule has 0 aliphatic carbocycles. The minimum absolute atomic E-state index is 0.382. The second kappa shape index (κ2) is 6.64. The fourth-order valence-corrected chi connectivity index (χ4v) is 5.50. The van der Waals surface area contributed by atoms with E-state index in [2.05, 4.69) is 4.90 Å². The Kier molecular flexibility index (Phi) is 5.29. The predicted molar refractivity (Wildman–Crippen MR) is 93.4 cm³/mol. The van der Waals surface area contributed by atoms with Crippen LogP contribution in [0.5, 0.6) is 0 Å². The van der Waals surface area contributed by atoms with Gasteiger partial charge in [-0.05, 0) is 24.1 Å². The summed E-state index contributed by atoms with van der Waals surface area (Å²) in [6.45, 7) is 3.44. The monoisotopic (exact) mass is 344 g/mol. The largest absolute Gasteiger partial charge is 0.389 e. The van der Waals surface area contributed by atoms with Crippen molar-refractivity contribution in [3.05, 3.63) is 34.9 Å². The zero-order valence-corrected chi connectivity index (χ0v) is 14.7. The van der Waals surface area contributed by atoms with Gasteiger partial charge in [0.15, 0.2) is 9.84 Å². The van der Waals surface area contributed by atoms with Gasteiger partial charge in [0, 0.05) is 36.4 Å². The zero-order chi connectivity index (χ0) is 15.6. The summed E-state index contributed by atoms with van der Waals surface area (Å²) in [4.78, 5) is 2.43. The fraction of sp³-hybridized carbons (Fsp3) is 0.500. The van der Waals surface area contributed by atoms with Crippen LogP contribution in [0.2, 0.25) is 0 Å². The van der Waals surface area contributed by atoms with Crippen LogP contribution in [0.3, 0.4) is 0 Å². The van der Waals surface area contributed by atoms with E-state index in [4.69, 9.17) is 18.0 Å². The molecule has 21 heavy (non-hydrogen) atoms. The number of thioether (sulfide) groups is 1. The van der Waals surface area contributed by atoms with Crippen LogP contribution in [0.4, 0.5) is 0 Å². The molecule has 0 amide bonds. The van der Waals surface area contributed by atoms with Gasteiger partial charge in [-0.3, -0.25) is 4.90 Å². The van der Waals surface area contributed by atoms with Crippen LogP contribution in [0, 0.1) is 6.92 Å². The molecule has 1 aromatic rings. The van der Waals surface area contributed by atoms with Gasteiger partial charge in [-0.1, -0.05) is 24.4 Å². The van der Waals surface area contributed by atoms with Gasteiger partial charge >= 0.3 is 0 Å². The normalized spacial score (nSPS) is 20.4. The van der Waals surface area contributed by atoms with Crippen LogP contribution in [0.1, 0.15) is 16.7 Å². The molecule has 0 radical (unpaired) electrons. The molecule has 1 fully saturated rings. The Morgan fingerprint density at radius 1 is 1.52 bits per heavy atom. The van der Waals surface area contributed by atoms with Crippen LogP contribution >= 0.6 is 24.0 Å². The van der Waals surface area contributed by atoms with E-state index in [1.807, 2.05) is 25.1 Å². The Bertz CT molecular complexity index is 644. The van der Waals surface area contributed by atoms with Crippen molar-refractivity contribution >= 4 is 38.8 Å². The highest BCUT2D eigenvalue weighted by atomic mass is 32.2. The third-order valence-electron chi connectivity index (χ3n) is 3.69. The average Bonchev–Trinajstić information content (AvgIpc) is 2.40. The SMILES string of the molecule is Cc1cc(C(N)=S)ccc1CN1CCSCC1S(C)(=O)=O. The highest BCUT2D eigenvalue weighted by molar-refractivity contribution is 8.00. The van der Waals surface area contributed by atoms with Crippen molar-refractivity contribution in [3.8, 4) is 0 Å². The first kappa shape index (κ1) is 16.7. The van der Waals surface area contributed by atoms with E-state index < -0.39 is 15.2 Å². The van der Waals surface area contributed by atoms with E-state index in [9.17, 15) is 8.42 Å². The lowest BCUT2D eigenvalue weighted by molar-refractivity contribution is 0.262. The number of benzene rings is 1. The fourth-order valence-electron chi connectivity index (χ4n) is 2.44. The summed E-state index contributed by atoms with van der Waals surface area (Å²) in [6, 6.07) is 5.86. The topological polar surface area (TPSA) is 63.4 Å². The number of nitrogens with zero attached hydrogens (tertiary/aromatic N) is 1. The third kappa shape index (κ3) is 4.18. The molecule has 4 nitrogen and oxygen atoms in total. The molecular formula is C14H20N2O2S3. The molecule has 1 heterocycles. The quantitative estimate of drug-likeness (QED) is 0.836. The number of nitrogens with two attached hydrogens (primary N) is 1. The summed E-state index contributed by atoms with van der Waals surface area (Å²) in [6.07, 6.45) is 1.32. The number of sulfone groups is 1. The van der Waals surface area contributed by atoms with Crippen molar-refractivity contribution in [2.24, 2.45) is 5.73 Å². The number of hydrogen-bond donors (Lipinski definition) is 1. The predicted octanol–water partition coefficient (Wildman–Crippen LogP) is 1.55. The van der Waals surface area contributed by atoms with E-state index in [0.717, 1.165) is 29.0 Å². The molecule has 1 saturated heterocycles. The summed E-state index contributed by atoms with van der Waals surface area (Å²) in [7, 11) is -3.07. The molecule has 0 spiro atoms. The maximum absolute atomic E-state index is 11.9. The lowest BCUT2D eigenvalue weighted by Gasteiger charge is -2.34. The molecule has 1 atom stereocenters. The van der Waals surface area contributed by atoms with E-state index in [1.54, 1.807) is 11.8 Å². The minimum Gasteiger partial charge on any atom is -0.389 e. The standard InChI is InChI=1S/C14H20N2O2S3/c1-10-7-11(14(15)19)3-4-12(10)8-16-5-6-20-9-13(16)21(2,17)18/h3-4,7,13H,5-6,8-9H2,1-2H3,(H2,15,19). The molecule has 116 valence electrons. The Balaban J connectivity index is 2.22. The number of aryl methyl sites for hydroxylation is 1. The van der Waals surface area contributed by atoms with E-state index in [1.165, 1.54) is 6.26 Å². The minimum atomic E-state index is -3.07. The summed E-state index contributed by atoms with van der Waals surface area (Å²) in [5, 5.41) is -0.397. The summed E-state index contributed by atoms with van der Waals surface area (Å²) >= 11 is 6.68. The Morgan fingerprint density at radius 3 is 2.81 bits per heavy atom. The average molecular weight is 345 g/mol.